The van der Waals surface area contributed by atoms with E-state index in [-0.39, 0.29) is 16.2 Å². The minimum absolute atomic E-state index is 0.230. The molecule has 12 aromatic rings. The van der Waals surface area contributed by atoms with Crippen LogP contribution in [0.5, 0.6) is 0 Å². The van der Waals surface area contributed by atoms with E-state index >= 15 is 0 Å². The van der Waals surface area contributed by atoms with E-state index in [1.165, 1.54) is 111 Å². The maximum atomic E-state index is 7.01. The largest absolute Gasteiger partial charge is 0.455 e. The van der Waals surface area contributed by atoms with Crippen molar-refractivity contribution >= 4 is 60.9 Å². The Balaban J connectivity index is 0.935. The fourth-order valence-corrected chi connectivity index (χ4v) is 14.1. The number of benzene rings is 10. The van der Waals surface area contributed by atoms with E-state index in [0.29, 0.717) is 0 Å². The van der Waals surface area contributed by atoms with Crippen molar-refractivity contribution in [2.45, 2.75) is 71.6 Å². The van der Waals surface area contributed by atoms with Gasteiger partial charge in [-0.3, -0.25) is 0 Å². The summed E-state index contributed by atoms with van der Waals surface area (Å²) >= 11 is 0. The monoisotopic (exact) mass is 953 g/mol. The SMILES string of the molecule is Cc1ccc(N(c2ccc3c(c2)C(C)(C)c2cc(-c4cccc(-c5ccccc5)c4)c4oc5ccccc5c4c2-3)c2ccc3c(c2)C(C)(C)c2c4c(c5oc6ccccc6c5c2-3)-c2ccccc2C4(C)C)c(C)c1. The highest BCUT2D eigenvalue weighted by Crippen LogP contribution is 2.64. The summed E-state index contributed by atoms with van der Waals surface area (Å²) in [5.74, 6) is 0. The first-order valence-electron chi connectivity index (χ1n) is 26.2. The zero-order valence-electron chi connectivity index (χ0n) is 43.2. The van der Waals surface area contributed by atoms with Gasteiger partial charge in [-0.25, -0.2) is 0 Å². The molecule has 74 heavy (non-hydrogen) atoms. The third kappa shape index (κ3) is 5.67. The van der Waals surface area contributed by atoms with Crippen molar-refractivity contribution < 1.29 is 8.83 Å². The second-order valence-corrected chi connectivity index (χ2v) is 22.9. The topological polar surface area (TPSA) is 29.5 Å². The van der Waals surface area contributed by atoms with Gasteiger partial charge in [-0.2, -0.15) is 0 Å². The summed E-state index contributed by atoms with van der Waals surface area (Å²) in [7, 11) is 0. The second kappa shape index (κ2) is 14.9. The normalized spacial score (nSPS) is 15.1. The molecule has 2 aromatic heterocycles. The fourth-order valence-electron chi connectivity index (χ4n) is 14.1. The molecule has 0 radical (unpaired) electrons. The highest BCUT2D eigenvalue weighted by molar-refractivity contribution is 6.21. The van der Waals surface area contributed by atoms with Gasteiger partial charge < -0.3 is 13.7 Å². The summed E-state index contributed by atoms with van der Waals surface area (Å²) in [5, 5.41) is 4.72. The molecule has 0 saturated carbocycles. The quantitative estimate of drug-likeness (QED) is 0.172. The molecule has 3 aliphatic rings. The molecule has 0 N–H and O–H groups in total. The lowest BCUT2D eigenvalue weighted by atomic mass is 9.72. The van der Waals surface area contributed by atoms with Crippen molar-refractivity contribution in [2.24, 2.45) is 0 Å². The Bertz CT molecular complexity index is 4420. The molecular weight excluding hydrogens is 899 g/mol. The molecule has 0 bridgehead atoms. The number of para-hydroxylation sites is 2. The van der Waals surface area contributed by atoms with E-state index in [1.807, 2.05) is 0 Å². The third-order valence-electron chi connectivity index (χ3n) is 17.5. The number of furan rings is 2. The van der Waals surface area contributed by atoms with Gasteiger partial charge in [-0.15, -0.1) is 0 Å². The van der Waals surface area contributed by atoms with E-state index in [2.05, 4.69) is 248 Å². The summed E-state index contributed by atoms with van der Waals surface area (Å²) in [6.07, 6.45) is 0. The molecule has 3 aliphatic carbocycles. The summed E-state index contributed by atoms with van der Waals surface area (Å²) < 4.78 is 14.0. The molecule has 0 spiro atoms. The molecule has 356 valence electrons. The Hall–Kier alpha value is -8.40. The van der Waals surface area contributed by atoms with Crippen molar-refractivity contribution in [3.05, 3.63) is 233 Å². The van der Waals surface area contributed by atoms with Crippen LogP contribution in [0.1, 0.15) is 86.1 Å². The van der Waals surface area contributed by atoms with Gasteiger partial charge in [0, 0.05) is 66.0 Å². The Morgan fingerprint density at radius 2 is 0.919 bits per heavy atom. The molecule has 10 aromatic carbocycles. The lowest BCUT2D eigenvalue weighted by molar-refractivity contribution is 0.600. The summed E-state index contributed by atoms with van der Waals surface area (Å²) in [6.45, 7) is 19.0. The molecule has 0 amide bonds. The molecule has 3 heteroatoms. The Morgan fingerprint density at radius 1 is 0.365 bits per heavy atom. The molecule has 0 fully saturated rings. The van der Waals surface area contributed by atoms with E-state index in [0.717, 1.165) is 50.2 Å². The van der Waals surface area contributed by atoms with Gasteiger partial charge in [0.25, 0.3) is 0 Å². The maximum Gasteiger partial charge on any atom is 0.144 e. The highest BCUT2D eigenvalue weighted by Gasteiger charge is 2.49. The minimum Gasteiger partial charge on any atom is -0.455 e. The van der Waals surface area contributed by atoms with Gasteiger partial charge in [-0.1, -0.05) is 181 Å². The second-order valence-electron chi connectivity index (χ2n) is 22.9. The van der Waals surface area contributed by atoms with Crippen LogP contribution in [0.3, 0.4) is 0 Å². The van der Waals surface area contributed by atoms with Gasteiger partial charge in [0.1, 0.15) is 22.3 Å². The van der Waals surface area contributed by atoms with Crippen LogP contribution in [0.15, 0.2) is 197 Å². The van der Waals surface area contributed by atoms with Gasteiger partial charge in [0.05, 0.1) is 0 Å². The summed E-state index contributed by atoms with van der Waals surface area (Å²) in [6, 6.07) is 69.7. The summed E-state index contributed by atoms with van der Waals surface area (Å²) in [5.41, 5.74) is 29.2. The molecule has 15 rings (SSSR count). The van der Waals surface area contributed by atoms with Crippen LogP contribution in [0, 0.1) is 13.8 Å². The molecule has 0 aliphatic heterocycles. The van der Waals surface area contributed by atoms with Crippen LogP contribution >= 0.6 is 0 Å². The van der Waals surface area contributed by atoms with Crippen LogP contribution in [0.25, 0.3) is 99.5 Å². The first kappa shape index (κ1) is 43.2. The highest BCUT2D eigenvalue weighted by atomic mass is 16.3. The predicted octanol–water partition coefficient (Wildman–Crippen LogP) is 19.8. The number of fused-ring (bicyclic) bond motifs is 19. The van der Waals surface area contributed by atoms with Gasteiger partial charge in [0.15, 0.2) is 0 Å². The lowest BCUT2D eigenvalue weighted by Crippen LogP contribution is -2.24. The molecule has 0 atom stereocenters. The Kier molecular flexibility index (Phi) is 8.68. The molecule has 2 heterocycles. The van der Waals surface area contributed by atoms with E-state index < -0.39 is 0 Å². The maximum absolute atomic E-state index is 7.01. The van der Waals surface area contributed by atoms with Gasteiger partial charge >= 0.3 is 0 Å². The molecule has 0 unspecified atom stereocenters. The average molecular weight is 954 g/mol. The van der Waals surface area contributed by atoms with E-state index in [9.17, 15) is 0 Å². The van der Waals surface area contributed by atoms with Crippen LogP contribution in [-0.4, -0.2) is 0 Å². The average Bonchev–Trinajstić information content (AvgIpc) is 4.18. The lowest BCUT2D eigenvalue weighted by Gasteiger charge is -2.32. The number of hydrogen-bond acceptors (Lipinski definition) is 3. The zero-order valence-corrected chi connectivity index (χ0v) is 43.2. The van der Waals surface area contributed by atoms with Crippen LogP contribution in [0.4, 0.5) is 17.1 Å². The number of rotatable bonds is 5. The molecule has 3 nitrogen and oxygen atoms in total. The van der Waals surface area contributed by atoms with Gasteiger partial charge in [-0.05, 0) is 152 Å². The van der Waals surface area contributed by atoms with Crippen molar-refractivity contribution in [1.82, 2.24) is 0 Å². The first-order valence-corrected chi connectivity index (χ1v) is 26.2. The van der Waals surface area contributed by atoms with Crippen molar-refractivity contribution in [3.63, 3.8) is 0 Å². The Morgan fingerprint density at radius 3 is 1.64 bits per heavy atom. The van der Waals surface area contributed by atoms with Crippen LogP contribution in [0.2, 0.25) is 0 Å². The first-order chi connectivity index (χ1) is 35.8. The van der Waals surface area contributed by atoms with E-state index in [1.54, 1.807) is 0 Å². The van der Waals surface area contributed by atoms with Crippen LogP contribution in [-0.2, 0) is 16.2 Å². The van der Waals surface area contributed by atoms with E-state index in [4.69, 9.17) is 8.83 Å². The van der Waals surface area contributed by atoms with Crippen molar-refractivity contribution in [2.75, 3.05) is 4.90 Å². The standard InChI is InChI=1S/C71H55NO2/c1-40-29-34-57(41(2)35-40)72(46-31-33-49-55(38-46)71(7,8)65-61(49)63-51-25-14-17-28-59(51)74-68(63)64-47-23-12-15-26-53(47)70(5,6)66(64)65)45-30-32-48-54(37-45)69(3,4)56-39-52(44-22-18-21-43(36-44)42-19-10-9-11-20-42)67-62(60(48)56)50-24-13-16-27-58(50)73-67/h9-39H,1-8H3. The summed E-state index contributed by atoms with van der Waals surface area (Å²) in [4.78, 5) is 2.52. The third-order valence-corrected chi connectivity index (χ3v) is 17.5. The molecule has 0 saturated heterocycles. The predicted molar refractivity (Wildman–Crippen MR) is 309 cm³/mol. The smallest absolute Gasteiger partial charge is 0.144 e. The van der Waals surface area contributed by atoms with Gasteiger partial charge in [0.2, 0.25) is 0 Å². The number of anilines is 3. The molecular formula is C71H55NO2. The Labute approximate surface area is 432 Å². The number of hydrogen-bond donors (Lipinski definition) is 0. The fraction of sp³-hybridized carbons (Fsp3) is 0.155. The van der Waals surface area contributed by atoms with Crippen molar-refractivity contribution in [3.8, 4) is 55.6 Å². The zero-order chi connectivity index (χ0) is 50.2. The number of aryl methyl sites for hydroxylation is 2. The van der Waals surface area contributed by atoms with Crippen molar-refractivity contribution in [1.29, 1.82) is 0 Å². The minimum atomic E-state index is -0.335. The number of nitrogens with zero attached hydrogens (tertiary/aromatic N) is 1. The van der Waals surface area contributed by atoms with Crippen LogP contribution < -0.4 is 4.90 Å².